The number of carbonyl (C=O) groups excluding carboxylic acids is 1. The molecule has 0 aromatic heterocycles. The molecular formula is C21H21N3O3S2. The Morgan fingerprint density at radius 3 is 2.59 bits per heavy atom. The zero-order valence-electron chi connectivity index (χ0n) is 15.7. The van der Waals surface area contributed by atoms with Crippen molar-refractivity contribution >= 4 is 38.4 Å². The van der Waals surface area contributed by atoms with Gasteiger partial charge in [-0.3, -0.25) is 9.79 Å². The van der Waals surface area contributed by atoms with E-state index in [1.165, 1.54) is 22.9 Å². The molecule has 2 aromatic carbocycles. The molecule has 8 heteroatoms. The van der Waals surface area contributed by atoms with Crippen LogP contribution in [0.25, 0.3) is 0 Å². The maximum atomic E-state index is 12.9. The van der Waals surface area contributed by atoms with Crippen LogP contribution in [-0.4, -0.2) is 53.7 Å². The molecule has 0 aliphatic carbocycles. The highest BCUT2D eigenvalue weighted by molar-refractivity contribution is 8.15. The second-order valence-corrected chi connectivity index (χ2v) is 11.1. The maximum Gasteiger partial charge on any atom is 0.254 e. The summed E-state index contributed by atoms with van der Waals surface area (Å²) in [5.41, 5.74) is 4.05. The van der Waals surface area contributed by atoms with Gasteiger partial charge in [-0.25, -0.2) is 8.42 Å². The van der Waals surface area contributed by atoms with Gasteiger partial charge in [0.05, 0.1) is 17.5 Å². The number of aliphatic imine (C=N–C) groups is 1. The minimum atomic E-state index is -2.94. The largest absolute Gasteiger partial charge is 0.335 e. The lowest BCUT2D eigenvalue weighted by molar-refractivity contribution is 0.0734. The molecule has 1 amide bonds. The molecule has 3 heterocycles. The lowest BCUT2D eigenvalue weighted by Crippen LogP contribution is -2.35. The molecule has 1 N–H and O–H groups in total. The fourth-order valence-electron chi connectivity index (χ4n) is 4.09. The van der Waals surface area contributed by atoms with Crippen molar-refractivity contribution in [3.63, 3.8) is 0 Å². The summed E-state index contributed by atoms with van der Waals surface area (Å²) in [5, 5.41) is 4.02. The first-order chi connectivity index (χ1) is 14.0. The van der Waals surface area contributed by atoms with Crippen LogP contribution >= 0.6 is 11.8 Å². The number of amides is 1. The lowest BCUT2D eigenvalue weighted by atomic mass is 9.99. The molecule has 150 valence electrons. The number of anilines is 1. The average molecular weight is 428 g/mol. The van der Waals surface area contributed by atoms with Crippen LogP contribution in [0.4, 0.5) is 5.69 Å². The SMILES string of the molecule is O=C(c1ccc(NC2=N[C@H]3CS(=O)(=O)C[C@@H]3S2)cc1)N1CCc2ccccc2C1. The Labute approximate surface area is 174 Å². The Hall–Kier alpha value is -2.32. The highest BCUT2D eigenvalue weighted by Crippen LogP contribution is 2.34. The third-order valence-electron chi connectivity index (χ3n) is 5.62. The number of nitrogens with zero attached hydrogens (tertiary/aromatic N) is 2. The minimum absolute atomic E-state index is 0.0188. The van der Waals surface area contributed by atoms with Gasteiger partial charge in [0, 0.05) is 29.6 Å². The lowest BCUT2D eigenvalue weighted by Gasteiger charge is -2.29. The molecule has 29 heavy (non-hydrogen) atoms. The number of thioether (sulfide) groups is 1. The van der Waals surface area contributed by atoms with Crippen LogP contribution in [0.1, 0.15) is 21.5 Å². The average Bonchev–Trinajstić information content (AvgIpc) is 3.20. The minimum Gasteiger partial charge on any atom is -0.335 e. The molecule has 0 saturated carbocycles. The number of carbonyl (C=O) groups is 1. The predicted octanol–water partition coefficient (Wildman–Crippen LogP) is 2.57. The van der Waals surface area contributed by atoms with Crippen LogP contribution in [0.3, 0.4) is 0 Å². The van der Waals surface area contributed by atoms with Gasteiger partial charge in [0.2, 0.25) is 0 Å². The number of hydrogen-bond donors (Lipinski definition) is 1. The van der Waals surface area contributed by atoms with Gasteiger partial charge in [-0.15, -0.1) is 0 Å². The third-order valence-corrected chi connectivity index (χ3v) is 8.76. The summed E-state index contributed by atoms with van der Waals surface area (Å²) in [6.45, 7) is 1.38. The number of rotatable bonds is 2. The predicted molar refractivity (Wildman–Crippen MR) is 116 cm³/mol. The summed E-state index contributed by atoms with van der Waals surface area (Å²) >= 11 is 1.49. The van der Waals surface area contributed by atoms with Gasteiger partial charge < -0.3 is 10.2 Å². The summed E-state index contributed by atoms with van der Waals surface area (Å²) in [6.07, 6.45) is 0.886. The number of hydrogen-bond acceptors (Lipinski definition) is 6. The normalized spacial score (nSPS) is 24.6. The molecule has 0 unspecified atom stereocenters. The van der Waals surface area contributed by atoms with E-state index >= 15 is 0 Å². The Bertz CT molecular complexity index is 1100. The molecule has 3 aliphatic heterocycles. The van der Waals surface area contributed by atoms with E-state index in [0.29, 0.717) is 12.1 Å². The summed E-state index contributed by atoms with van der Waals surface area (Å²) < 4.78 is 23.3. The summed E-state index contributed by atoms with van der Waals surface area (Å²) in [4.78, 5) is 19.3. The van der Waals surface area contributed by atoms with Crippen LogP contribution in [0.2, 0.25) is 0 Å². The quantitative estimate of drug-likeness (QED) is 0.797. The first-order valence-corrected chi connectivity index (χ1v) is 12.3. The second-order valence-electron chi connectivity index (χ2n) is 7.68. The zero-order chi connectivity index (χ0) is 20.0. The number of sulfone groups is 1. The number of benzene rings is 2. The van der Waals surface area contributed by atoms with Crippen molar-refractivity contribution in [3.05, 3.63) is 65.2 Å². The van der Waals surface area contributed by atoms with Crippen LogP contribution in [-0.2, 0) is 22.8 Å². The topological polar surface area (TPSA) is 78.8 Å². The van der Waals surface area contributed by atoms with Gasteiger partial charge >= 0.3 is 0 Å². The highest BCUT2D eigenvalue weighted by atomic mass is 32.2. The van der Waals surface area contributed by atoms with Crippen molar-refractivity contribution in [1.82, 2.24) is 4.90 Å². The van der Waals surface area contributed by atoms with Gasteiger partial charge in [0.1, 0.15) is 0 Å². The Morgan fingerprint density at radius 2 is 1.83 bits per heavy atom. The summed E-state index contributed by atoms with van der Waals surface area (Å²) in [6, 6.07) is 15.5. The maximum absolute atomic E-state index is 12.9. The van der Waals surface area contributed by atoms with Crippen molar-refractivity contribution < 1.29 is 13.2 Å². The standard InChI is InChI=1S/C21H21N3O3S2/c25-20(24-10-9-14-3-1-2-4-16(14)11-24)15-5-7-17(8-6-15)22-21-23-18-12-29(26,27)13-19(18)28-21/h1-8,18-19H,9-13H2,(H,22,23)/t18-,19-/m0/s1. The summed E-state index contributed by atoms with van der Waals surface area (Å²) in [5.74, 6) is 0.379. The van der Waals surface area contributed by atoms with Crippen LogP contribution in [0, 0.1) is 0 Å². The van der Waals surface area contributed by atoms with E-state index in [0.717, 1.165) is 23.8 Å². The van der Waals surface area contributed by atoms with Crippen LogP contribution in [0.15, 0.2) is 53.5 Å². The summed E-state index contributed by atoms with van der Waals surface area (Å²) in [7, 11) is -2.94. The fourth-order valence-corrected chi connectivity index (χ4v) is 7.76. The van der Waals surface area contributed by atoms with E-state index in [-0.39, 0.29) is 28.7 Å². The number of nitrogens with one attached hydrogen (secondary N) is 1. The highest BCUT2D eigenvalue weighted by Gasteiger charge is 2.42. The van der Waals surface area contributed by atoms with Gasteiger partial charge in [-0.2, -0.15) is 0 Å². The molecular weight excluding hydrogens is 406 g/mol. The van der Waals surface area contributed by atoms with E-state index in [1.807, 2.05) is 41.3 Å². The monoisotopic (exact) mass is 427 g/mol. The van der Waals surface area contributed by atoms with E-state index in [2.05, 4.69) is 22.4 Å². The number of amidine groups is 1. The molecule has 6 nitrogen and oxygen atoms in total. The zero-order valence-corrected chi connectivity index (χ0v) is 17.4. The van der Waals surface area contributed by atoms with E-state index in [4.69, 9.17) is 0 Å². The van der Waals surface area contributed by atoms with E-state index < -0.39 is 9.84 Å². The smallest absolute Gasteiger partial charge is 0.254 e. The molecule has 5 rings (SSSR count). The molecule has 0 bridgehead atoms. The molecule has 2 aromatic rings. The van der Waals surface area contributed by atoms with E-state index in [9.17, 15) is 13.2 Å². The van der Waals surface area contributed by atoms with Crippen LogP contribution < -0.4 is 5.32 Å². The second kappa shape index (κ2) is 7.18. The molecule has 1 saturated heterocycles. The van der Waals surface area contributed by atoms with Crippen molar-refractivity contribution in [2.45, 2.75) is 24.3 Å². The van der Waals surface area contributed by atoms with E-state index in [1.54, 1.807) is 0 Å². The van der Waals surface area contributed by atoms with Gasteiger partial charge in [0.15, 0.2) is 15.0 Å². The molecule has 0 radical (unpaired) electrons. The van der Waals surface area contributed by atoms with Gasteiger partial charge in [-0.1, -0.05) is 36.0 Å². The number of fused-ring (bicyclic) bond motifs is 2. The first-order valence-electron chi connectivity index (χ1n) is 9.65. The van der Waals surface area contributed by atoms with Gasteiger partial charge in [-0.05, 0) is 41.8 Å². The Kier molecular flexibility index (Phi) is 4.63. The Morgan fingerprint density at radius 1 is 1.07 bits per heavy atom. The van der Waals surface area contributed by atoms with Crippen LogP contribution in [0.5, 0.6) is 0 Å². The van der Waals surface area contributed by atoms with Gasteiger partial charge in [0.25, 0.3) is 5.91 Å². The molecule has 1 fully saturated rings. The fraction of sp³-hybridized carbons (Fsp3) is 0.333. The first kappa shape index (κ1) is 18.7. The third kappa shape index (κ3) is 3.79. The van der Waals surface area contributed by atoms with Crippen molar-refractivity contribution in [1.29, 1.82) is 0 Å². The molecule has 3 aliphatic rings. The van der Waals surface area contributed by atoms with Crippen molar-refractivity contribution in [2.75, 3.05) is 23.4 Å². The Balaban J connectivity index is 1.24. The van der Waals surface area contributed by atoms with Crippen molar-refractivity contribution in [2.24, 2.45) is 4.99 Å². The molecule has 2 atom stereocenters. The van der Waals surface area contributed by atoms with Crippen molar-refractivity contribution in [3.8, 4) is 0 Å². The molecule has 0 spiro atoms.